The molecule has 1 aliphatic rings. The molecular formula is C12H25NO2. The molecule has 0 aromatic rings. The molecule has 1 heterocycles. The van der Waals surface area contributed by atoms with E-state index in [-0.39, 0.29) is 0 Å². The van der Waals surface area contributed by atoms with Gasteiger partial charge in [-0.3, -0.25) is 0 Å². The van der Waals surface area contributed by atoms with E-state index < -0.39 is 0 Å². The van der Waals surface area contributed by atoms with E-state index in [1.807, 2.05) is 6.92 Å². The Labute approximate surface area is 93.5 Å². The van der Waals surface area contributed by atoms with Gasteiger partial charge < -0.3 is 14.8 Å². The van der Waals surface area contributed by atoms with Gasteiger partial charge in [0.2, 0.25) is 0 Å². The van der Waals surface area contributed by atoms with Gasteiger partial charge in [0.1, 0.15) is 0 Å². The van der Waals surface area contributed by atoms with Gasteiger partial charge in [0.05, 0.1) is 6.61 Å². The van der Waals surface area contributed by atoms with Crippen LogP contribution in [0.2, 0.25) is 0 Å². The van der Waals surface area contributed by atoms with Crippen LogP contribution in [0.4, 0.5) is 0 Å². The second kappa shape index (κ2) is 7.20. The van der Waals surface area contributed by atoms with Crippen molar-refractivity contribution in [3.63, 3.8) is 0 Å². The molecule has 0 aromatic heterocycles. The van der Waals surface area contributed by atoms with Crippen molar-refractivity contribution in [3.05, 3.63) is 0 Å². The van der Waals surface area contributed by atoms with Crippen molar-refractivity contribution in [1.29, 1.82) is 0 Å². The number of rotatable bonds is 6. The highest BCUT2D eigenvalue weighted by Gasteiger charge is 2.21. The van der Waals surface area contributed by atoms with Gasteiger partial charge in [-0.2, -0.15) is 0 Å². The van der Waals surface area contributed by atoms with Crippen molar-refractivity contribution in [2.24, 2.45) is 5.92 Å². The van der Waals surface area contributed by atoms with Gasteiger partial charge in [-0.25, -0.2) is 0 Å². The molecule has 0 aromatic carbocycles. The van der Waals surface area contributed by atoms with Crippen molar-refractivity contribution in [2.75, 3.05) is 26.4 Å². The van der Waals surface area contributed by atoms with E-state index in [0.29, 0.717) is 12.1 Å². The molecule has 1 fully saturated rings. The molecular weight excluding hydrogens is 190 g/mol. The van der Waals surface area contributed by atoms with Crippen LogP contribution in [0.1, 0.15) is 33.6 Å². The maximum Gasteiger partial charge on any atom is 0.0616 e. The third-order valence-electron chi connectivity index (χ3n) is 3.09. The normalized spacial score (nSPS) is 22.6. The standard InChI is InChI=1S/C12H25NO2/c1-4-14-9-10(2)13-11(3)12-5-7-15-8-6-12/h10-13H,4-9H2,1-3H3. The summed E-state index contributed by atoms with van der Waals surface area (Å²) >= 11 is 0. The molecule has 0 amide bonds. The second-order valence-electron chi connectivity index (χ2n) is 4.47. The van der Waals surface area contributed by atoms with Gasteiger partial charge in [0.25, 0.3) is 0 Å². The minimum absolute atomic E-state index is 0.447. The van der Waals surface area contributed by atoms with Crippen LogP contribution in [0.15, 0.2) is 0 Å². The van der Waals surface area contributed by atoms with E-state index in [4.69, 9.17) is 9.47 Å². The highest BCUT2D eigenvalue weighted by molar-refractivity contribution is 4.77. The molecule has 1 saturated heterocycles. The summed E-state index contributed by atoms with van der Waals surface area (Å²) in [5, 5.41) is 3.60. The lowest BCUT2D eigenvalue weighted by atomic mass is 9.92. The summed E-state index contributed by atoms with van der Waals surface area (Å²) in [5.41, 5.74) is 0. The molecule has 1 N–H and O–H groups in total. The smallest absolute Gasteiger partial charge is 0.0616 e. The van der Waals surface area contributed by atoms with Gasteiger partial charge in [-0.1, -0.05) is 0 Å². The molecule has 3 nitrogen and oxygen atoms in total. The van der Waals surface area contributed by atoms with Crippen LogP contribution in [0.5, 0.6) is 0 Å². The summed E-state index contributed by atoms with van der Waals surface area (Å²) in [6, 6.07) is 1.02. The molecule has 0 radical (unpaired) electrons. The minimum atomic E-state index is 0.447. The second-order valence-corrected chi connectivity index (χ2v) is 4.47. The predicted molar refractivity (Wildman–Crippen MR) is 62.1 cm³/mol. The first-order valence-electron chi connectivity index (χ1n) is 6.15. The fourth-order valence-electron chi connectivity index (χ4n) is 2.14. The Kier molecular flexibility index (Phi) is 6.22. The Morgan fingerprint density at radius 3 is 2.60 bits per heavy atom. The average molecular weight is 215 g/mol. The molecule has 90 valence electrons. The summed E-state index contributed by atoms with van der Waals surface area (Å²) in [4.78, 5) is 0. The first kappa shape index (κ1) is 12.9. The van der Waals surface area contributed by atoms with Crippen LogP contribution in [-0.4, -0.2) is 38.5 Å². The van der Waals surface area contributed by atoms with Crippen LogP contribution < -0.4 is 5.32 Å². The van der Waals surface area contributed by atoms with Crippen molar-refractivity contribution in [2.45, 2.75) is 45.7 Å². The van der Waals surface area contributed by atoms with Crippen LogP contribution in [0, 0.1) is 5.92 Å². The molecule has 15 heavy (non-hydrogen) atoms. The topological polar surface area (TPSA) is 30.5 Å². The van der Waals surface area contributed by atoms with Crippen LogP contribution in [0.3, 0.4) is 0 Å². The van der Waals surface area contributed by atoms with Gasteiger partial charge >= 0.3 is 0 Å². The highest BCUT2D eigenvalue weighted by Crippen LogP contribution is 2.18. The van der Waals surface area contributed by atoms with Crippen molar-refractivity contribution >= 4 is 0 Å². The monoisotopic (exact) mass is 215 g/mol. The lowest BCUT2D eigenvalue weighted by Crippen LogP contribution is -2.43. The summed E-state index contributed by atoms with van der Waals surface area (Å²) in [6.07, 6.45) is 2.38. The molecule has 0 aliphatic carbocycles. The zero-order chi connectivity index (χ0) is 11.1. The molecule has 2 atom stereocenters. The van der Waals surface area contributed by atoms with Crippen molar-refractivity contribution < 1.29 is 9.47 Å². The van der Waals surface area contributed by atoms with Crippen LogP contribution in [-0.2, 0) is 9.47 Å². The summed E-state index contributed by atoms with van der Waals surface area (Å²) in [7, 11) is 0. The maximum atomic E-state index is 5.40. The molecule has 0 spiro atoms. The maximum absolute atomic E-state index is 5.40. The molecule has 3 heteroatoms. The van der Waals surface area contributed by atoms with Crippen molar-refractivity contribution in [3.8, 4) is 0 Å². The number of hydrogen-bond donors (Lipinski definition) is 1. The van der Waals surface area contributed by atoms with E-state index in [0.717, 1.165) is 32.3 Å². The molecule has 0 bridgehead atoms. The lowest BCUT2D eigenvalue weighted by Gasteiger charge is -2.30. The Balaban J connectivity index is 2.17. The van der Waals surface area contributed by atoms with Gasteiger partial charge in [-0.15, -0.1) is 0 Å². The van der Waals surface area contributed by atoms with Crippen LogP contribution in [0.25, 0.3) is 0 Å². The zero-order valence-electron chi connectivity index (χ0n) is 10.3. The number of ether oxygens (including phenoxy) is 2. The van der Waals surface area contributed by atoms with E-state index in [1.165, 1.54) is 12.8 Å². The Morgan fingerprint density at radius 1 is 1.33 bits per heavy atom. The molecule has 1 aliphatic heterocycles. The molecule has 2 unspecified atom stereocenters. The largest absolute Gasteiger partial charge is 0.381 e. The number of hydrogen-bond acceptors (Lipinski definition) is 3. The van der Waals surface area contributed by atoms with Gasteiger partial charge in [0, 0.05) is 31.9 Å². The number of nitrogens with one attached hydrogen (secondary N) is 1. The predicted octanol–water partition coefficient (Wildman–Crippen LogP) is 1.82. The Bertz CT molecular complexity index is 158. The summed E-state index contributed by atoms with van der Waals surface area (Å²) < 4.78 is 10.8. The third kappa shape index (κ3) is 4.96. The fourth-order valence-corrected chi connectivity index (χ4v) is 2.14. The molecule has 1 rings (SSSR count). The molecule has 0 saturated carbocycles. The average Bonchev–Trinajstić information content (AvgIpc) is 2.27. The van der Waals surface area contributed by atoms with Crippen LogP contribution >= 0.6 is 0 Å². The first-order valence-corrected chi connectivity index (χ1v) is 6.15. The van der Waals surface area contributed by atoms with Gasteiger partial charge in [0.15, 0.2) is 0 Å². The van der Waals surface area contributed by atoms with E-state index >= 15 is 0 Å². The fraction of sp³-hybridized carbons (Fsp3) is 1.00. The van der Waals surface area contributed by atoms with Gasteiger partial charge in [-0.05, 0) is 39.5 Å². The quantitative estimate of drug-likeness (QED) is 0.733. The first-order chi connectivity index (χ1) is 7.24. The lowest BCUT2D eigenvalue weighted by molar-refractivity contribution is 0.0510. The summed E-state index contributed by atoms with van der Waals surface area (Å²) in [6.45, 7) is 9.97. The van der Waals surface area contributed by atoms with E-state index in [1.54, 1.807) is 0 Å². The summed E-state index contributed by atoms with van der Waals surface area (Å²) in [5.74, 6) is 0.767. The third-order valence-corrected chi connectivity index (χ3v) is 3.09. The minimum Gasteiger partial charge on any atom is -0.381 e. The van der Waals surface area contributed by atoms with E-state index in [2.05, 4.69) is 19.2 Å². The van der Waals surface area contributed by atoms with Crippen molar-refractivity contribution in [1.82, 2.24) is 5.32 Å². The Morgan fingerprint density at radius 2 is 2.00 bits per heavy atom. The Hall–Kier alpha value is -0.120. The zero-order valence-corrected chi connectivity index (χ0v) is 10.3. The SMILES string of the molecule is CCOCC(C)NC(C)C1CCOCC1. The van der Waals surface area contributed by atoms with E-state index in [9.17, 15) is 0 Å². The highest BCUT2D eigenvalue weighted by atomic mass is 16.5.